The second-order valence-electron chi connectivity index (χ2n) is 5.29. The van der Waals surface area contributed by atoms with Crippen LogP contribution in [0, 0.1) is 5.82 Å². The molecule has 0 aliphatic rings. The van der Waals surface area contributed by atoms with Crippen LogP contribution in [0.15, 0.2) is 48.5 Å². The van der Waals surface area contributed by atoms with E-state index in [9.17, 15) is 14.0 Å². The van der Waals surface area contributed by atoms with Crippen molar-refractivity contribution in [2.75, 3.05) is 5.32 Å². The number of carbonyl (C=O) groups is 2. The number of hydrogen-bond donors (Lipinski definition) is 1. The molecule has 128 valence electrons. The summed E-state index contributed by atoms with van der Waals surface area (Å²) in [5.74, 6) is -1.59. The molecule has 0 spiro atoms. The van der Waals surface area contributed by atoms with Gasteiger partial charge in [0.25, 0.3) is 5.91 Å². The van der Waals surface area contributed by atoms with Gasteiger partial charge in [0.1, 0.15) is 10.7 Å². The van der Waals surface area contributed by atoms with Gasteiger partial charge in [0, 0.05) is 15.8 Å². The maximum absolute atomic E-state index is 13.3. The fourth-order valence-electron chi connectivity index (χ4n) is 2.20. The number of thiophene rings is 1. The Labute approximate surface area is 152 Å². The van der Waals surface area contributed by atoms with Gasteiger partial charge in [-0.1, -0.05) is 29.8 Å². The molecule has 0 saturated carbocycles. The average Bonchev–Trinajstić information content (AvgIpc) is 2.91. The molecule has 0 radical (unpaired) electrons. The number of amides is 1. The number of fused-ring (bicyclic) bond motifs is 1. The fourth-order valence-corrected chi connectivity index (χ4v) is 3.62. The SMILES string of the molecule is CC(OC(=O)c1sc2cc(F)ccc2c1Cl)C(=O)Nc1ccccc1. The van der Waals surface area contributed by atoms with E-state index in [0.717, 1.165) is 11.3 Å². The van der Waals surface area contributed by atoms with E-state index in [4.69, 9.17) is 16.3 Å². The molecule has 2 aromatic carbocycles. The summed E-state index contributed by atoms with van der Waals surface area (Å²) in [4.78, 5) is 24.6. The smallest absolute Gasteiger partial charge is 0.350 e. The van der Waals surface area contributed by atoms with Crippen LogP contribution in [0.2, 0.25) is 5.02 Å². The van der Waals surface area contributed by atoms with Crippen LogP contribution in [0.3, 0.4) is 0 Å². The summed E-state index contributed by atoms with van der Waals surface area (Å²) in [5, 5.41) is 3.42. The van der Waals surface area contributed by atoms with Crippen molar-refractivity contribution in [3.8, 4) is 0 Å². The third-order valence-corrected chi connectivity index (χ3v) is 5.11. The number of benzene rings is 2. The zero-order valence-electron chi connectivity index (χ0n) is 13.1. The lowest BCUT2D eigenvalue weighted by molar-refractivity contribution is -0.123. The molecule has 1 N–H and O–H groups in total. The van der Waals surface area contributed by atoms with E-state index in [1.165, 1.54) is 25.1 Å². The molecule has 4 nitrogen and oxygen atoms in total. The molecule has 7 heteroatoms. The molecule has 3 aromatic rings. The van der Waals surface area contributed by atoms with Gasteiger partial charge in [0.05, 0.1) is 5.02 Å². The lowest BCUT2D eigenvalue weighted by Gasteiger charge is -2.13. The summed E-state index contributed by atoms with van der Waals surface area (Å²) < 4.78 is 19.0. The molecule has 0 fully saturated rings. The lowest BCUT2D eigenvalue weighted by atomic mass is 10.2. The highest BCUT2D eigenvalue weighted by atomic mass is 35.5. The summed E-state index contributed by atoms with van der Waals surface area (Å²) in [7, 11) is 0. The second-order valence-corrected chi connectivity index (χ2v) is 6.72. The van der Waals surface area contributed by atoms with Crippen LogP contribution in [-0.2, 0) is 9.53 Å². The second kappa shape index (κ2) is 7.21. The molecule has 0 aliphatic carbocycles. The molecule has 1 unspecified atom stereocenters. The minimum Gasteiger partial charge on any atom is -0.448 e. The number of anilines is 1. The number of nitrogens with one attached hydrogen (secondary N) is 1. The summed E-state index contributed by atoms with van der Waals surface area (Å²) in [6, 6.07) is 12.9. The van der Waals surface area contributed by atoms with E-state index in [1.54, 1.807) is 24.3 Å². The van der Waals surface area contributed by atoms with Crippen molar-refractivity contribution in [3.05, 3.63) is 64.2 Å². The first-order valence-electron chi connectivity index (χ1n) is 7.40. The van der Waals surface area contributed by atoms with Crippen LogP contribution < -0.4 is 5.32 Å². The Kier molecular flexibility index (Phi) is 5.01. The molecule has 1 amide bonds. The van der Waals surface area contributed by atoms with Crippen molar-refractivity contribution in [1.82, 2.24) is 0 Å². The summed E-state index contributed by atoms with van der Waals surface area (Å²) in [6.45, 7) is 1.47. The number of hydrogen-bond acceptors (Lipinski definition) is 4. The van der Waals surface area contributed by atoms with E-state index in [1.807, 2.05) is 6.07 Å². The lowest BCUT2D eigenvalue weighted by Crippen LogP contribution is -2.29. The largest absolute Gasteiger partial charge is 0.448 e. The normalized spacial score (nSPS) is 12.0. The Balaban J connectivity index is 1.73. The van der Waals surface area contributed by atoms with Crippen molar-refractivity contribution in [2.45, 2.75) is 13.0 Å². The van der Waals surface area contributed by atoms with E-state index < -0.39 is 23.8 Å². The highest BCUT2D eigenvalue weighted by Crippen LogP contribution is 2.36. The molecule has 1 heterocycles. The Morgan fingerprint density at radius 1 is 1.20 bits per heavy atom. The van der Waals surface area contributed by atoms with Gasteiger partial charge in [-0.15, -0.1) is 11.3 Å². The summed E-state index contributed by atoms with van der Waals surface area (Å²) in [6.07, 6.45) is -1.01. The number of halogens is 2. The van der Waals surface area contributed by atoms with Crippen LogP contribution in [0.1, 0.15) is 16.6 Å². The Bertz CT molecular complexity index is 942. The van der Waals surface area contributed by atoms with Crippen LogP contribution in [0.4, 0.5) is 10.1 Å². The molecule has 0 aliphatic heterocycles. The van der Waals surface area contributed by atoms with Gasteiger partial charge in [-0.2, -0.15) is 0 Å². The van der Waals surface area contributed by atoms with Gasteiger partial charge in [0.2, 0.25) is 0 Å². The van der Waals surface area contributed by atoms with Crippen molar-refractivity contribution in [3.63, 3.8) is 0 Å². The summed E-state index contributed by atoms with van der Waals surface area (Å²) in [5.41, 5.74) is 0.603. The number of ether oxygens (including phenoxy) is 1. The topological polar surface area (TPSA) is 55.4 Å². The minimum atomic E-state index is -1.01. The predicted molar refractivity (Wildman–Crippen MR) is 96.7 cm³/mol. The van der Waals surface area contributed by atoms with Crippen LogP contribution >= 0.6 is 22.9 Å². The van der Waals surface area contributed by atoms with Gasteiger partial charge < -0.3 is 10.1 Å². The Morgan fingerprint density at radius 3 is 2.64 bits per heavy atom. The molecular weight excluding hydrogens is 365 g/mol. The van der Waals surface area contributed by atoms with Crippen molar-refractivity contribution in [2.24, 2.45) is 0 Å². The minimum absolute atomic E-state index is 0.140. The van der Waals surface area contributed by atoms with Gasteiger partial charge in [0.15, 0.2) is 6.10 Å². The molecule has 3 rings (SSSR count). The quantitative estimate of drug-likeness (QED) is 0.659. The van der Waals surface area contributed by atoms with Crippen molar-refractivity contribution >= 4 is 50.6 Å². The first-order valence-corrected chi connectivity index (χ1v) is 8.59. The standard InChI is InChI=1S/C18H13ClFNO3S/c1-10(17(22)21-12-5-3-2-4-6-12)24-18(23)16-15(19)13-8-7-11(20)9-14(13)25-16/h2-10H,1H3,(H,21,22). The van der Waals surface area contributed by atoms with Crippen LogP contribution in [0.25, 0.3) is 10.1 Å². The first-order chi connectivity index (χ1) is 12.0. The third kappa shape index (κ3) is 3.81. The number of esters is 1. The van der Waals surface area contributed by atoms with E-state index in [-0.39, 0.29) is 9.90 Å². The predicted octanol–water partition coefficient (Wildman–Crippen LogP) is 4.88. The van der Waals surface area contributed by atoms with Crippen LogP contribution in [0.5, 0.6) is 0 Å². The highest BCUT2D eigenvalue weighted by molar-refractivity contribution is 7.21. The summed E-state index contributed by atoms with van der Waals surface area (Å²) >= 11 is 7.21. The zero-order chi connectivity index (χ0) is 18.0. The molecule has 0 saturated heterocycles. The third-order valence-electron chi connectivity index (χ3n) is 3.47. The van der Waals surface area contributed by atoms with Gasteiger partial charge in [-0.25, -0.2) is 9.18 Å². The van der Waals surface area contributed by atoms with E-state index in [0.29, 0.717) is 15.8 Å². The van der Waals surface area contributed by atoms with Crippen LogP contribution in [-0.4, -0.2) is 18.0 Å². The molecular formula is C18H13ClFNO3S. The maximum Gasteiger partial charge on any atom is 0.350 e. The number of para-hydroxylation sites is 1. The van der Waals surface area contributed by atoms with Crippen molar-refractivity contribution < 1.29 is 18.7 Å². The fraction of sp³-hybridized carbons (Fsp3) is 0.111. The maximum atomic E-state index is 13.3. The number of carbonyl (C=O) groups excluding carboxylic acids is 2. The molecule has 0 bridgehead atoms. The first kappa shape index (κ1) is 17.4. The van der Waals surface area contributed by atoms with Gasteiger partial charge >= 0.3 is 5.97 Å². The van der Waals surface area contributed by atoms with Crippen molar-refractivity contribution in [1.29, 1.82) is 0 Å². The highest BCUT2D eigenvalue weighted by Gasteiger charge is 2.23. The monoisotopic (exact) mass is 377 g/mol. The van der Waals surface area contributed by atoms with Gasteiger partial charge in [-0.05, 0) is 37.3 Å². The molecule has 1 aromatic heterocycles. The zero-order valence-corrected chi connectivity index (χ0v) is 14.7. The van der Waals surface area contributed by atoms with E-state index in [2.05, 4.69) is 5.32 Å². The average molecular weight is 378 g/mol. The Morgan fingerprint density at radius 2 is 1.92 bits per heavy atom. The molecule has 1 atom stereocenters. The number of rotatable bonds is 4. The van der Waals surface area contributed by atoms with Gasteiger partial charge in [-0.3, -0.25) is 4.79 Å². The Hall–Kier alpha value is -2.44. The molecule has 25 heavy (non-hydrogen) atoms. The van der Waals surface area contributed by atoms with E-state index >= 15 is 0 Å².